The molecule has 0 fully saturated rings. The molecule has 0 atom stereocenters. The molecular weight excluding hydrogens is 375 g/mol. The van der Waals surface area contributed by atoms with Crippen molar-refractivity contribution in [2.24, 2.45) is 0 Å². The molecule has 0 aliphatic heterocycles. The van der Waals surface area contributed by atoms with Crippen LogP contribution in [-0.4, -0.2) is 5.91 Å². The number of halogens is 3. The second-order valence-corrected chi connectivity index (χ2v) is 5.25. The zero-order valence-corrected chi connectivity index (χ0v) is 12.4. The van der Waals surface area contributed by atoms with E-state index in [1.165, 1.54) is 36.4 Å². The summed E-state index contributed by atoms with van der Waals surface area (Å²) >= 11 is 1.98. The van der Waals surface area contributed by atoms with E-state index < -0.39 is 11.7 Å². The van der Waals surface area contributed by atoms with Crippen LogP contribution in [0.3, 0.4) is 0 Å². The Bertz CT molecular complexity index is 671. The van der Waals surface area contributed by atoms with E-state index in [4.69, 9.17) is 0 Å². The number of hydrogen-bond acceptors (Lipinski definition) is 1. The number of amides is 1. The van der Waals surface area contributed by atoms with E-state index in [0.717, 1.165) is 3.57 Å². The van der Waals surface area contributed by atoms with Crippen molar-refractivity contribution in [2.75, 3.05) is 5.32 Å². The van der Waals surface area contributed by atoms with Gasteiger partial charge in [-0.05, 0) is 64.6 Å². The van der Waals surface area contributed by atoms with Gasteiger partial charge in [-0.25, -0.2) is 8.78 Å². The van der Waals surface area contributed by atoms with Crippen LogP contribution < -0.4 is 5.32 Å². The van der Waals surface area contributed by atoms with Crippen molar-refractivity contribution >= 4 is 40.3 Å². The van der Waals surface area contributed by atoms with Gasteiger partial charge in [0.1, 0.15) is 11.6 Å². The lowest BCUT2D eigenvalue weighted by atomic mass is 10.2. The van der Waals surface area contributed by atoms with Crippen molar-refractivity contribution in [2.45, 2.75) is 0 Å². The molecule has 102 valence electrons. The second kappa shape index (κ2) is 6.60. The minimum Gasteiger partial charge on any atom is -0.320 e. The zero-order valence-electron chi connectivity index (χ0n) is 10.2. The number of carbonyl (C=O) groups excluding carboxylic acids is 1. The van der Waals surface area contributed by atoms with Crippen molar-refractivity contribution in [1.29, 1.82) is 0 Å². The standard InChI is InChI=1S/C15H10F2INO/c16-11-3-1-2-10(8-11)4-7-15(20)19-14-6-5-12(18)9-13(14)17/h1-9H,(H,19,20)/b7-4+. The predicted octanol–water partition coefficient (Wildman–Crippen LogP) is 4.22. The maximum absolute atomic E-state index is 13.5. The largest absolute Gasteiger partial charge is 0.320 e. The van der Waals surface area contributed by atoms with Gasteiger partial charge in [0.05, 0.1) is 5.69 Å². The topological polar surface area (TPSA) is 29.1 Å². The first-order valence-electron chi connectivity index (χ1n) is 5.74. The molecule has 0 aliphatic rings. The first-order valence-corrected chi connectivity index (χ1v) is 6.82. The van der Waals surface area contributed by atoms with Gasteiger partial charge in [0.2, 0.25) is 5.91 Å². The number of rotatable bonds is 3. The fourth-order valence-corrected chi connectivity index (χ4v) is 2.00. The molecule has 20 heavy (non-hydrogen) atoms. The fraction of sp³-hybridized carbons (Fsp3) is 0. The Labute approximate surface area is 128 Å². The lowest BCUT2D eigenvalue weighted by molar-refractivity contribution is -0.111. The molecule has 0 aromatic heterocycles. The van der Waals surface area contributed by atoms with Gasteiger partial charge in [0.25, 0.3) is 0 Å². The predicted molar refractivity (Wildman–Crippen MR) is 83.2 cm³/mol. The summed E-state index contributed by atoms with van der Waals surface area (Å²) in [5.41, 5.74) is 0.669. The number of hydrogen-bond donors (Lipinski definition) is 1. The Hall–Kier alpha value is -1.76. The van der Waals surface area contributed by atoms with E-state index in [1.54, 1.807) is 18.2 Å². The third kappa shape index (κ3) is 4.12. The molecule has 0 radical (unpaired) electrons. The number of nitrogens with one attached hydrogen (secondary N) is 1. The number of anilines is 1. The molecule has 1 amide bonds. The molecule has 0 heterocycles. The highest BCUT2D eigenvalue weighted by molar-refractivity contribution is 14.1. The molecule has 0 spiro atoms. The van der Waals surface area contributed by atoms with E-state index in [2.05, 4.69) is 5.32 Å². The van der Waals surface area contributed by atoms with Crippen LogP contribution in [-0.2, 0) is 4.79 Å². The Morgan fingerprint density at radius 3 is 2.65 bits per heavy atom. The summed E-state index contributed by atoms with van der Waals surface area (Å²) in [5.74, 6) is -1.35. The van der Waals surface area contributed by atoms with Crippen molar-refractivity contribution in [3.63, 3.8) is 0 Å². The van der Waals surface area contributed by atoms with E-state index in [1.807, 2.05) is 22.6 Å². The molecule has 0 saturated carbocycles. The van der Waals surface area contributed by atoms with Crippen molar-refractivity contribution in [3.05, 3.63) is 69.3 Å². The van der Waals surface area contributed by atoms with Crippen LogP contribution in [0.2, 0.25) is 0 Å². The highest BCUT2D eigenvalue weighted by Gasteiger charge is 2.04. The summed E-state index contributed by atoms with van der Waals surface area (Å²) in [6.45, 7) is 0. The SMILES string of the molecule is O=C(/C=C/c1cccc(F)c1)Nc1ccc(I)cc1F. The van der Waals surface area contributed by atoms with Gasteiger partial charge in [-0.2, -0.15) is 0 Å². The maximum Gasteiger partial charge on any atom is 0.248 e. The highest BCUT2D eigenvalue weighted by Crippen LogP contribution is 2.17. The number of carbonyl (C=O) groups is 1. The van der Waals surface area contributed by atoms with Crippen molar-refractivity contribution in [3.8, 4) is 0 Å². The Balaban J connectivity index is 2.05. The van der Waals surface area contributed by atoms with E-state index in [-0.39, 0.29) is 11.5 Å². The Morgan fingerprint density at radius 2 is 1.95 bits per heavy atom. The summed E-state index contributed by atoms with van der Waals surface area (Å²) in [6.07, 6.45) is 2.69. The van der Waals surface area contributed by atoms with Crippen LogP contribution in [0.4, 0.5) is 14.5 Å². The van der Waals surface area contributed by atoms with Crippen LogP contribution in [0.1, 0.15) is 5.56 Å². The summed E-state index contributed by atoms with van der Waals surface area (Å²) < 4.78 is 27.2. The van der Waals surface area contributed by atoms with E-state index in [0.29, 0.717) is 5.56 Å². The molecule has 0 aliphatic carbocycles. The first kappa shape index (κ1) is 14.6. The van der Waals surface area contributed by atoms with Crippen LogP contribution in [0, 0.1) is 15.2 Å². The summed E-state index contributed by atoms with van der Waals surface area (Å²) in [6, 6.07) is 10.3. The van der Waals surface area contributed by atoms with Crippen LogP contribution >= 0.6 is 22.6 Å². The van der Waals surface area contributed by atoms with Gasteiger partial charge in [-0.15, -0.1) is 0 Å². The van der Waals surface area contributed by atoms with Gasteiger partial charge in [0.15, 0.2) is 0 Å². The third-order valence-corrected chi connectivity index (χ3v) is 3.14. The molecule has 2 rings (SSSR count). The average Bonchev–Trinajstić information content (AvgIpc) is 2.40. The normalized spacial score (nSPS) is 10.8. The Morgan fingerprint density at radius 1 is 1.15 bits per heavy atom. The van der Waals surface area contributed by atoms with Gasteiger partial charge in [0, 0.05) is 9.65 Å². The molecule has 0 saturated heterocycles. The summed E-state index contributed by atoms with van der Waals surface area (Å²) in [5, 5.41) is 2.42. The Kier molecular flexibility index (Phi) is 4.84. The summed E-state index contributed by atoms with van der Waals surface area (Å²) in [4.78, 5) is 11.6. The fourth-order valence-electron chi connectivity index (χ4n) is 1.55. The van der Waals surface area contributed by atoms with Crippen LogP contribution in [0.5, 0.6) is 0 Å². The molecular formula is C15H10F2INO. The quantitative estimate of drug-likeness (QED) is 0.622. The molecule has 2 aromatic carbocycles. The van der Waals surface area contributed by atoms with Crippen molar-refractivity contribution in [1.82, 2.24) is 0 Å². The van der Waals surface area contributed by atoms with Gasteiger partial charge in [-0.1, -0.05) is 12.1 Å². The monoisotopic (exact) mass is 385 g/mol. The van der Waals surface area contributed by atoms with Crippen LogP contribution in [0.25, 0.3) is 6.08 Å². The van der Waals surface area contributed by atoms with Gasteiger partial charge >= 0.3 is 0 Å². The summed E-state index contributed by atoms with van der Waals surface area (Å²) in [7, 11) is 0. The minimum absolute atomic E-state index is 0.110. The second-order valence-electron chi connectivity index (χ2n) is 4.00. The first-order chi connectivity index (χ1) is 9.54. The van der Waals surface area contributed by atoms with Gasteiger partial charge in [-0.3, -0.25) is 4.79 Å². The van der Waals surface area contributed by atoms with E-state index in [9.17, 15) is 13.6 Å². The molecule has 0 bridgehead atoms. The van der Waals surface area contributed by atoms with Crippen molar-refractivity contribution < 1.29 is 13.6 Å². The zero-order chi connectivity index (χ0) is 14.5. The molecule has 1 N–H and O–H groups in total. The molecule has 2 aromatic rings. The molecule has 5 heteroatoms. The maximum atomic E-state index is 13.5. The van der Waals surface area contributed by atoms with E-state index >= 15 is 0 Å². The third-order valence-electron chi connectivity index (χ3n) is 2.46. The smallest absolute Gasteiger partial charge is 0.248 e. The highest BCUT2D eigenvalue weighted by atomic mass is 127. The van der Waals surface area contributed by atoms with Gasteiger partial charge < -0.3 is 5.32 Å². The van der Waals surface area contributed by atoms with Crippen LogP contribution in [0.15, 0.2) is 48.5 Å². The molecule has 0 unspecified atom stereocenters. The molecule has 2 nitrogen and oxygen atoms in total. The average molecular weight is 385 g/mol. The lowest BCUT2D eigenvalue weighted by Gasteiger charge is -2.04. The lowest BCUT2D eigenvalue weighted by Crippen LogP contribution is -2.09. The number of benzene rings is 2. The minimum atomic E-state index is -0.496.